The normalized spacial score (nSPS) is 9.69. The van der Waals surface area contributed by atoms with Gasteiger partial charge in [0, 0.05) is 6.07 Å². The summed E-state index contributed by atoms with van der Waals surface area (Å²) < 4.78 is 5.29. The van der Waals surface area contributed by atoms with Crippen molar-refractivity contribution in [3.8, 4) is 17.6 Å². The smallest absolute Gasteiger partial charge is 0.162 e. The minimum atomic E-state index is -0.0140. The molecule has 0 spiro atoms. The maximum Gasteiger partial charge on any atom is 0.162 e. The van der Waals surface area contributed by atoms with E-state index in [1.54, 1.807) is 6.07 Å². The standard InChI is InChI=1S/C10H11NO2/c1-7(2)13-10-5-8(6-11)3-4-9(10)12/h3-5,7,12H,1-2H3. The van der Waals surface area contributed by atoms with Gasteiger partial charge in [-0.2, -0.15) is 5.26 Å². The lowest BCUT2D eigenvalue weighted by molar-refractivity contribution is 0.232. The Bertz CT molecular complexity index is 339. The highest BCUT2D eigenvalue weighted by atomic mass is 16.5. The van der Waals surface area contributed by atoms with Gasteiger partial charge in [-0.15, -0.1) is 0 Å². The number of nitrogens with zero attached hydrogens (tertiary/aromatic N) is 1. The molecule has 1 rings (SSSR count). The van der Waals surface area contributed by atoms with Crippen molar-refractivity contribution in [3.05, 3.63) is 23.8 Å². The minimum absolute atomic E-state index is 0.0140. The number of phenols is 1. The van der Waals surface area contributed by atoms with E-state index in [0.29, 0.717) is 11.3 Å². The van der Waals surface area contributed by atoms with E-state index < -0.39 is 0 Å². The third-order valence-corrected chi connectivity index (χ3v) is 1.45. The van der Waals surface area contributed by atoms with Crippen molar-refractivity contribution >= 4 is 0 Å². The number of nitriles is 1. The van der Waals surface area contributed by atoms with Gasteiger partial charge in [-0.3, -0.25) is 0 Å². The Hall–Kier alpha value is -1.69. The Morgan fingerprint density at radius 2 is 2.15 bits per heavy atom. The maximum atomic E-state index is 9.34. The van der Waals surface area contributed by atoms with Gasteiger partial charge >= 0.3 is 0 Å². The second-order valence-electron chi connectivity index (χ2n) is 2.96. The molecule has 3 heteroatoms. The molecular formula is C10H11NO2. The van der Waals surface area contributed by atoms with Gasteiger partial charge in [-0.05, 0) is 26.0 Å². The predicted molar refractivity (Wildman–Crippen MR) is 48.6 cm³/mol. The predicted octanol–water partition coefficient (Wildman–Crippen LogP) is 2.05. The SMILES string of the molecule is CC(C)Oc1cc(C#N)ccc1O. The van der Waals surface area contributed by atoms with Crippen LogP contribution in [-0.2, 0) is 0 Å². The van der Waals surface area contributed by atoms with E-state index in [1.807, 2.05) is 19.9 Å². The van der Waals surface area contributed by atoms with Gasteiger partial charge in [0.2, 0.25) is 0 Å². The lowest BCUT2D eigenvalue weighted by Crippen LogP contribution is -2.05. The molecule has 0 amide bonds. The van der Waals surface area contributed by atoms with E-state index in [0.717, 1.165) is 0 Å². The summed E-state index contributed by atoms with van der Waals surface area (Å²) in [5.41, 5.74) is 0.480. The van der Waals surface area contributed by atoms with Crippen molar-refractivity contribution in [2.45, 2.75) is 20.0 Å². The maximum absolute atomic E-state index is 9.34. The highest BCUT2D eigenvalue weighted by molar-refractivity contribution is 5.45. The molecule has 0 heterocycles. The molecule has 0 bridgehead atoms. The van der Waals surface area contributed by atoms with Crippen LogP contribution in [-0.4, -0.2) is 11.2 Å². The fourth-order valence-corrected chi connectivity index (χ4v) is 0.932. The first-order valence-corrected chi connectivity index (χ1v) is 4.03. The first-order valence-electron chi connectivity index (χ1n) is 4.03. The number of aromatic hydroxyl groups is 1. The second-order valence-corrected chi connectivity index (χ2v) is 2.96. The van der Waals surface area contributed by atoms with Gasteiger partial charge in [0.1, 0.15) is 0 Å². The minimum Gasteiger partial charge on any atom is -0.504 e. The van der Waals surface area contributed by atoms with E-state index in [4.69, 9.17) is 10.00 Å². The van der Waals surface area contributed by atoms with Crippen LogP contribution in [0.4, 0.5) is 0 Å². The van der Waals surface area contributed by atoms with E-state index in [2.05, 4.69) is 0 Å². The first-order chi connectivity index (χ1) is 6.13. The van der Waals surface area contributed by atoms with Crippen LogP contribution in [0.1, 0.15) is 19.4 Å². The zero-order valence-corrected chi connectivity index (χ0v) is 7.61. The van der Waals surface area contributed by atoms with Crippen molar-refractivity contribution in [2.24, 2.45) is 0 Å². The average Bonchev–Trinajstić information content (AvgIpc) is 2.08. The van der Waals surface area contributed by atoms with Crippen LogP contribution in [0.3, 0.4) is 0 Å². The number of phenolic OH excluding ortho intramolecular Hbond substituents is 1. The molecule has 0 saturated carbocycles. The van der Waals surface area contributed by atoms with Gasteiger partial charge < -0.3 is 9.84 Å². The molecule has 0 radical (unpaired) electrons. The molecule has 1 aromatic carbocycles. The average molecular weight is 177 g/mol. The second kappa shape index (κ2) is 3.81. The van der Waals surface area contributed by atoms with E-state index >= 15 is 0 Å². The summed E-state index contributed by atoms with van der Waals surface area (Å²) in [5.74, 6) is 0.418. The molecule has 0 fully saturated rings. The van der Waals surface area contributed by atoms with Crippen LogP contribution >= 0.6 is 0 Å². The Labute approximate surface area is 77.2 Å². The van der Waals surface area contributed by atoms with Crippen molar-refractivity contribution in [3.63, 3.8) is 0 Å². The topological polar surface area (TPSA) is 53.2 Å². The highest BCUT2D eigenvalue weighted by Gasteiger charge is 2.05. The third-order valence-electron chi connectivity index (χ3n) is 1.45. The molecule has 0 aliphatic rings. The van der Waals surface area contributed by atoms with Crippen molar-refractivity contribution < 1.29 is 9.84 Å². The zero-order chi connectivity index (χ0) is 9.84. The summed E-state index contributed by atoms with van der Waals surface area (Å²) >= 11 is 0. The Morgan fingerprint density at radius 1 is 1.46 bits per heavy atom. The first kappa shape index (κ1) is 9.40. The molecular weight excluding hydrogens is 166 g/mol. The molecule has 0 saturated heterocycles. The molecule has 0 unspecified atom stereocenters. The van der Waals surface area contributed by atoms with Gasteiger partial charge in [0.25, 0.3) is 0 Å². The number of ether oxygens (including phenoxy) is 1. The number of hydrogen-bond donors (Lipinski definition) is 1. The molecule has 68 valence electrons. The van der Waals surface area contributed by atoms with Crippen LogP contribution in [0.15, 0.2) is 18.2 Å². The van der Waals surface area contributed by atoms with Crippen LogP contribution in [0.2, 0.25) is 0 Å². The summed E-state index contributed by atoms with van der Waals surface area (Å²) in [6, 6.07) is 6.50. The largest absolute Gasteiger partial charge is 0.504 e. The van der Waals surface area contributed by atoms with E-state index in [-0.39, 0.29) is 11.9 Å². The number of hydrogen-bond acceptors (Lipinski definition) is 3. The molecule has 0 aliphatic carbocycles. The van der Waals surface area contributed by atoms with Crippen LogP contribution in [0, 0.1) is 11.3 Å². The lowest BCUT2D eigenvalue weighted by Gasteiger charge is -2.10. The molecule has 1 aromatic rings. The molecule has 3 nitrogen and oxygen atoms in total. The summed E-state index contributed by atoms with van der Waals surface area (Å²) in [5, 5.41) is 17.9. The quantitative estimate of drug-likeness (QED) is 0.752. The van der Waals surface area contributed by atoms with Crippen LogP contribution in [0.25, 0.3) is 0 Å². The third kappa shape index (κ3) is 2.38. The summed E-state index contributed by atoms with van der Waals surface area (Å²) in [4.78, 5) is 0. The Morgan fingerprint density at radius 3 is 2.69 bits per heavy atom. The monoisotopic (exact) mass is 177 g/mol. The van der Waals surface area contributed by atoms with Gasteiger partial charge in [0.05, 0.1) is 17.7 Å². The molecule has 13 heavy (non-hydrogen) atoms. The fraction of sp³-hybridized carbons (Fsp3) is 0.300. The lowest BCUT2D eigenvalue weighted by atomic mass is 10.2. The van der Waals surface area contributed by atoms with Crippen LogP contribution < -0.4 is 4.74 Å². The molecule has 0 atom stereocenters. The van der Waals surface area contributed by atoms with Gasteiger partial charge in [-0.1, -0.05) is 0 Å². The summed E-state index contributed by atoms with van der Waals surface area (Å²) in [7, 11) is 0. The zero-order valence-electron chi connectivity index (χ0n) is 7.61. The Kier molecular flexibility index (Phi) is 2.76. The van der Waals surface area contributed by atoms with E-state index in [1.165, 1.54) is 12.1 Å². The Balaban J connectivity index is 2.99. The van der Waals surface area contributed by atoms with E-state index in [9.17, 15) is 5.11 Å². The van der Waals surface area contributed by atoms with Crippen molar-refractivity contribution in [1.82, 2.24) is 0 Å². The number of rotatable bonds is 2. The molecule has 0 aromatic heterocycles. The van der Waals surface area contributed by atoms with Crippen molar-refractivity contribution in [1.29, 1.82) is 5.26 Å². The van der Waals surface area contributed by atoms with Crippen molar-refractivity contribution in [2.75, 3.05) is 0 Å². The summed E-state index contributed by atoms with van der Waals surface area (Å²) in [6.45, 7) is 3.72. The number of benzene rings is 1. The summed E-state index contributed by atoms with van der Waals surface area (Å²) in [6.07, 6.45) is -0.0140. The fourth-order valence-electron chi connectivity index (χ4n) is 0.932. The van der Waals surface area contributed by atoms with Gasteiger partial charge in [-0.25, -0.2) is 0 Å². The molecule has 1 N–H and O–H groups in total. The highest BCUT2D eigenvalue weighted by Crippen LogP contribution is 2.27. The van der Waals surface area contributed by atoms with Gasteiger partial charge in [0.15, 0.2) is 11.5 Å². The van der Waals surface area contributed by atoms with Crippen LogP contribution in [0.5, 0.6) is 11.5 Å². The molecule has 0 aliphatic heterocycles.